The maximum Gasteiger partial charge on any atom is 0.255 e. The average molecular weight is 782 g/mol. The Balaban J connectivity index is 0.00000305. The molecule has 0 radical (unpaired) electrons. The zero-order valence-corrected chi connectivity index (χ0v) is 32.5. The van der Waals surface area contributed by atoms with Crippen LogP contribution in [0.25, 0.3) is 0 Å². The molecule has 3 aliphatic heterocycles. The van der Waals surface area contributed by atoms with Crippen LogP contribution in [0.15, 0.2) is 85.1 Å². The lowest BCUT2D eigenvalue weighted by atomic mass is 10.0. The minimum Gasteiger partial charge on any atom is -0.492 e. The summed E-state index contributed by atoms with van der Waals surface area (Å²) in [7, 11) is 1.00. The smallest absolute Gasteiger partial charge is 0.255 e. The summed E-state index contributed by atoms with van der Waals surface area (Å²) < 4.78 is 13.6. The standard InChI is InChI=1S/C41H47N7O7.CH4O/c1-27(2)21-35-41(53)48-18-8-12-36(48)40(52)43-34(23-28-9-4-3-5-10-28)39(51)42-30(25-49)22-29-14-16-32(17-15-29)54-20-19-47-24-31(45-46-47)26-55-37-13-7-6-11-33(37)38(50)44-35;1-2/h3-7,9-11,13-17,24-25,27,30,34-36H,8,12,18-23,26H2,1-2H3,(H,42,51)(H,43,52)(H,44,50);2H,1H3/t30?,34-,35?,36?;/m0./s1. The molecular weight excluding hydrogens is 731 g/mol. The van der Waals surface area contributed by atoms with E-state index in [0.29, 0.717) is 62.4 Å². The highest BCUT2D eigenvalue weighted by Gasteiger charge is 2.39. The second-order valence-electron chi connectivity index (χ2n) is 14.3. The van der Waals surface area contributed by atoms with E-state index in [4.69, 9.17) is 14.6 Å². The number of carbonyl (C=O) groups is 5. The number of ether oxygens (including phenoxy) is 2. The Kier molecular flexibility index (Phi) is 15.3. The molecule has 15 nitrogen and oxygen atoms in total. The second kappa shape index (κ2) is 20.7. The molecule has 1 aromatic heterocycles. The first kappa shape index (κ1) is 42.1. The van der Waals surface area contributed by atoms with Crippen molar-refractivity contribution in [1.82, 2.24) is 35.8 Å². The summed E-state index contributed by atoms with van der Waals surface area (Å²) in [6, 6.07) is 19.6. The fourth-order valence-corrected chi connectivity index (χ4v) is 6.85. The van der Waals surface area contributed by atoms with Crippen LogP contribution < -0.4 is 25.4 Å². The van der Waals surface area contributed by atoms with E-state index in [1.54, 1.807) is 47.3 Å². The van der Waals surface area contributed by atoms with E-state index in [2.05, 4.69) is 26.3 Å². The lowest BCUT2D eigenvalue weighted by Crippen LogP contribution is -2.57. The van der Waals surface area contributed by atoms with Crippen molar-refractivity contribution in [2.45, 2.75) is 83.3 Å². The van der Waals surface area contributed by atoms with Gasteiger partial charge in [-0.15, -0.1) is 5.10 Å². The third-order valence-electron chi connectivity index (χ3n) is 9.62. The Hall–Kier alpha value is -6.09. The number of benzene rings is 3. The number of rotatable bonds is 5. The van der Waals surface area contributed by atoms with Crippen molar-refractivity contribution < 1.29 is 38.6 Å². The predicted octanol–water partition coefficient (Wildman–Crippen LogP) is 2.65. The summed E-state index contributed by atoms with van der Waals surface area (Å²) >= 11 is 0. The maximum atomic E-state index is 14.2. The summed E-state index contributed by atoms with van der Waals surface area (Å²) in [6.07, 6.45) is 4.10. The summed E-state index contributed by atoms with van der Waals surface area (Å²) in [6.45, 7) is 4.99. The van der Waals surface area contributed by atoms with E-state index in [-0.39, 0.29) is 36.8 Å². The van der Waals surface area contributed by atoms with Crippen molar-refractivity contribution in [3.8, 4) is 11.5 Å². The third kappa shape index (κ3) is 11.7. The van der Waals surface area contributed by atoms with Crippen molar-refractivity contribution in [3.05, 3.63) is 107 Å². The molecule has 15 heteroatoms. The molecule has 3 aliphatic rings. The molecule has 3 unspecified atom stereocenters. The average Bonchev–Trinajstić information content (AvgIpc) is 3.91. The van der Waals surface area contributed by atoms with Crippen LogP contribution >= 0.6 is 0 Å². The Labute approximate surface area is 332 Å². The van der Waals surface area contributed by atoms with Gasteiger partial charge in [0.05, 0.1) is 24.3 Å². The number of aliphatic hydroxyl groups excluding tert-OH is 1. The van der Waals surface area contributed by atoms with Crippen LogP contribution in [0.3, 0.4) is 0 Å². The summed E-state index contributed by atoms with van der Waals surface area (Å²) in [5.74, 6) is -0.917. The van der Waals surface area contributed by atoms with Crippen molar-refractivity contribution in [1.29, 1.82) is 0 Å². The van der Waals surface area contributed by atoms with E-state index >= 15 is 0 Å². The van der Waals surface area contributed by atoms with E-state index in [1.807, 2.05) is 56.3 Å². The largest absolute Gasteiger partial charge is 0.492 e. The molecule has 57 heavy (non-hydrogen) atoms. The number of hydrogen-bond donors (Lipinski definition) is 4. The Morgan fingerprint density at radius 2 is 1.60 bits per heavy atom. The SMILES string of the molecule is CC(C)CC1NC(=O)c2ccccc2OCc2cn(nn2)CCOc2ccc(cc2)CC(C=O)NC(=O)[C@H](Cc2ccccc2)NC(=O)C2CCCN2C1=O.CO. The molecule has 4 bridgehead atoms. The molecule has 3 aromatic carbocycles. The van der Waals surface area contributed by atoms with Crippen molar-refractivity contribution in [2.75, 3.05) is 20.3 Å². The van der Waals surface area contributed by atoms with Crippen LogP contribution in [-0.2, 0) is 45.2 Å². The number of aliphatic hydroxyl groups is 1. The van der Waals surface area contributed by atoms with Gasteiger partial charge < -0.3 is 40.2 Å². The lowest BCUT2D eigenvalue weighted by Gasteiger charge is -2.30. The summed E-state index contributed by atoms with van der Waals surface area (Å²) in [5.41, 5.74) is 2.40. The maximum absolute atomic E-state index is 14.2. The number of nitrogens with one attached hydrogen (secondary N) is 3. The Bertz CT molecular complexity index is 1950. The summed E-state index contributed by atoms with van der Waals surface area (Å²) in [5, 5.41) is 24.0. The minimum atomic E-state index is -1.03. The quantitative estimate of drug-likeness (QED) is 0.219. The van der Waals surface area contributed by atoms with Crippen LogP contribution in [0.2, 0.25) is 0 Å². The molecule has 0 saturated carbocycles. The molecule has 302 valence electrons. The molecule has 4 N–H and O–H groups in total. The van der Waals surface area contributed by atoms with Gasteiger partial charge in [-0.05, 0) is 67.0 Å². The second-order valence-corrected chi connectivity index (χ2v) is 14.3. The summed E-state index contributed by atoms with van der Waals surface area (Å²) in [4.78, 5) is 69.6. The highest BCUT2D eigenvalue weighted by molar-refractivity contribution is 6.00. The van der Waals surface area contributed by atoms with Gasteiger partial charge in [-0.2, -0.15) is 0 Å². The van der Waals surface area contributed by atoms with Gasteiger partial charge in [0.15, 0.2) is 0 Å². The molecule has 1 saturated heterocycles. The molecular formula is C42H51N7O8. The minimum absolute atomic E-state index is 0.0378. The van der Waals surface area contributed by atoms with Crippen LogP contribution in [0.5, 0.6) is 11.5 Å². The predicted molar refractivity (Wildman–Crippen MR) is 210 cm³/mol. The molecule has 4 aromatic rings. The molecule has 4 heterocycles. The molecule has 7 rings (SSSR count). The van der Waals surface area contributed by atoms with Crippen LogP contribution in [0.1, 0.15) is 60.3 Å². The zero-order chi connectivity index (χ0) is 40.7. The van der Waals surface area contributed by atoms with Gasteiger partial charge in [0.1, 0.15) is 54.8 Å². The van der Waals surface area contributed by atoms with Crippen molar-refractivity contribution >= 4 is 29.9 Å². The topological polar surface area (TPSA) is 194 Å². The van der Waals surface area contributed by atoms with Gasteiger partial charge in [0.2, 0.25) is 17.7 Å². The lowest BCUT2D eigenvalue weighted by molar-refractivity contribution is -0.141. The van der Waals surface area contributed by atoms with Gasteiger partial charge in [-0.25, -0.2) is 4.68 Å². The number of fused-ring (bicyclic) bond motifs is 14. The number of aldehydes is 1. The van der Waals surface area contributed by atoms with E-state index in [9.17, 15) is 24.0 Å². The molecule has 4 amide bonds. The number of carbonyl (C=O) groups excluding carboxylic acids is 5. The molecule has 4 atom stereocenters. The first-order valence-corrected chi connectivity index (χ1v) is 19.2. The number of amides is 4. The van der Waals surface area contributed by atoms with E-state index in [0.717, 1.165) is 18.2 Å². The van der Waals surface area contributed by atoms with Crippen LogP contribution in [0.4, 0.5) is 0 Å². The van der Waals surface area contributed by atoms with Gasteiger partial charge in [-0.1, -0.05) is 73.7 Å². The first-order valence-electron chi connectivity index (χ1n) is 19.2. The highest BCUT2D eigenvalue weighted by Crippen LogP contribution is 2.24. The van der Waals surface area contributed by atoms with Crippen molar-refractivity contribution in [2.24, 2.45) is 5.92 Å². The fraction of sp³-hybridized carbons (Fsp3) is 0.405. The van der Waals surface area contributed by atoms with Crippen LogP contribution in [-0.4, -0.2) is 99.3 Å². The number of para-hydroxylation sites is 1. The fourth-order valence-electron chi connectivity index (χ4n) is 6.85. The third-order valence-corrected chi connectivity index (χ3v) is 9.62. The van der Waals surface area contributed by atoms with E-state index in [1.165, 1.54) is 4.90 Å². The molecule has 0 aliphatic carbocycles. The van der Waals surface area contributed by atoms with Gasteiger partial charge in [0, 0.05) is 20.1 Å². The van der Waals surface area contributed by atoms with Gasteiger partial charge in [0.25, 0.3) is 5.91 Å². The Morgan fingerprint density at radius 3 is 2.33 bits per heavy atom. The monoisotopic (exact) mass is 781 g/mol. The van der Waals surface area contributed by atoms with Crippen molar-refractivity contribution in [3.63, 3.8) is 0 Å². The number of nitrogens with zero attached hydrogens (tertiary/aromatic N) is 4. The van der Waals surface area contributed by atoms with Gasteiger partial charge in [-0.3, -0.25) is 19.2 Å². The number of aromatic nitrogens is 3. The zero-order valence-electron chi connectivity index (χ0n) is 32.5. The molecule has 0 spiro atoms. The number of hydrogen-bond acceptors (Lipinski definition) is 10. The Morgan fingerprint density at radius 1 is 0.860 bits per heavy atom. The highest BCUT2D eigenvalue weighted by atomic mass is 16.5. The van der Waals surface area contributed by atoms with Gasteiger partial charge >= 0.3 is 0 Å². The van der Waals surface area contributed by atoms with Crippen LogP contribution in [0, 0.1) is 5.92 Å². The first-order chi connectivity index (χ1) is 27.7. The van der Waals surface area contributed by atoms with E-state index < -0.39 is 41.9 Å². The normalized spacial score (nSPS) is 21.0. The molecule has 1 fully saturated rings.